The van der Waals surface area contributed by atoms with Crippen LogP contribution in [0.25, 0.3) is 0 Å². The maximum Gasteiger partial charge on any atom is 0.176 e. The van der Waals surface area contributed by atoms with Crippen LogP contribution in [0.1, 0.15) is 5.76 Å². The second kappa shape index (κ2) is 3.78. The third-order valence-electron chi connectivity index (χ3n) is 1.59. The van der Waals surface area contributed by atoms with E-state index in [9.17, 15) is 0 Å². The number of pyridine rings is 1. The molecule has 0 aromatic carbocycles. The topological polar surface area (TPSA) is 74.2 Å². The summed E-state index contributed by atoms with van der Waals surface area (Å²) in [5.41, 5.74) is 5.37. The SMILES string of the molecule is Nc1cc(COc2cccnc2)on1. The zero-order chi connectivity index (χ0) is 9.80. The first-order chi connectivity index (χ1) is 6.84. The van der Waals surface area contributed by atoms with Crippen molar-refractivity contribution < 1.29 is 9.26 Å². The predicted molar refractivity (Wildman–Crippen MR) is 49.5 cm³/mol. The highest BCUT2D eigenvalue weighted by molar-refractivity contribution is 5.26. The largest absolute Gasteiger partial charge is 0.484 e. The van der Waals surface area contributed by atoms with E-state index in [2.05, 4.69) is 10.1 Å². The number of nitrogens with zero attached hydrogens (tertiary/aromatic N) is 2. The van der Waals surface area contributed by atoms with E-state index in [1.807, 2.05) is 6.07 Å². The van der Waals surface area contributed by atoms with Crippen molar-refractivity contribution in [3.8, 4) is 5.75 Å². The smallest absolute Gasteiger partial charge is 0.176 e. The molecule has 0 unspecified atom stereocenters. The Hall–Kier alpha value is -2.04. The molecule has 0 saturated carbocycles. The van der Waals surface area contributed by atoms with E-state index in [0.29, 0.717) is 23.9 Å². The van der Waals surface area contributed by atoms with Crippen LogP contribution in [0.15, 0.2) is 35.1 Å². The van der Waals surface area contributed by atoms with Gasteiger partial charge in [-0.25, -0.2) is 0 Å². The number of rotatable bonds is 3. The standard InChI is InChI=1S/C9H9N3O2/c10-9-4-8(14-12-9)6-13-7-2-1-3-11-5-7/h1-5H,6H2,(H2,10,12). The molecule has 72 valence electrons. The van der Waals surface area contributed by atoms with E-state index in [1.165, 1.54) is 0 Å². The van der Waals surface area contributed by atoms with Crippen LogP contribution in [-0.4, -0.2) is 10.1 Å². The number of anilines is 1. The Morgan fingerprint density at radius 1 is 1.50 bits per heavy atom. The van der Waals surface area contributed by atoms with Crippen LogP contribution in [0.3, 0.4) is 0 Å². The van der Waals surface area contributed by atoms with Crippen molar-refractivity contribution in [1.82, 2.24) is 10.1 Å². The maximum atomic E-state index is 5.37. The number of nitrogens with two attached hydrogens (primary N) is 1. The van der Waals surface area contributed by atoms with E-state index in [1.54, 1.807) is 24.5 Å². The van der Waals surface area contributed by atoms with E-state index < -0.39 is 0 Å². The van der Waals surface area contributed by atoms with E-state index >= 15 is 0 Å². The average Bonchev–Trinajstić information content (AvgIpc) is 2.63. The highest BCUT2D eigenvalue weighted by atomic mass is 16.5. The Kier molecular flexibility index (Phi) is 2.31. The monoisotopic (exact) mass is 191 g/mol. The fourth-order valence-corrected chi connectivity index (χ4v) is 0.984. The van der Waals surface area contributed by atoms with Gasteiger partial charge in [0.2, 0.25) is 0 Å². The summed E-state index contributed by atoms with van der Waals surface area (Å²) in [6, 6.07) is 5.23. The first kappa shape index (κ1) is 8.55. The molecule has 0 radical (unpaired) electrons. The normalized spacial score (nSPS) is 10.0. The molecule has 14 heavy (non-hydrogen) atoms. The van der Waals surface area contributed by atoms with Gasteiger partial charge in [-0.05, 0) is 12.1 Å². The summed E-state index contributed by atoms with van der Waals surface area (Å²) in [5, 5.41) is 3.54. The second-order valence-corrected chi connectivity index (χ2v) is 2.70. The van der Waals surface area contributed by atoms with Gasteiger partial charge < -0.3 is 15.0 Å². The van der Waals surface area contributed by atoms with Gasteiger partial charge in [-0.2, -0.15) is 0 Å². The first-order valence-corrected chi connectivity index (χ1v) is 4.08. The first-order valence-electron chi connectivity index (χ1n) is 4.08. The average molecular weight is 191 g/mol. The van der Waals surface area contributed by atoms with E-state index in [0.717, 1.165) is 0 Å². The van der Waals surface area contributed by atoms with Crippen molar-refractivity contribution in [2.45, 2.75) is 6.61 Å². The number of nitrogen functional groups attached to an aromatic ring is 1. The Morgan fingerprint density at radius 2 is 2.43 bits per heavy atom. The number of ether oxygens (including phenoxy) is 1. The summed E-state index contributed by atoms with van der Waals surface area (Å²) in [6.45, 7) is 0.301. The summed E-state index contributed by atoms with van der Waals surface area (Å²) in [7, 11) is 0. The Bertz CT molecular complexity index is 399. The lowest BCUT2D eigenvalue weighted by atomic mass is 10.4. The van der Waals surface area contributed by atoms with Gasteiger partial charge in [-0.15, -0.1) is 0 Å². The van der Waals surface area contributed by atoms with Gasteiger partial charge in [0, 0.05) is 12.3 Å². The predicted octanol–water partition coefficient (Wildman–Crippen LogP) is 1.23. The molecule has 2 heterocycles. The molecule has 5 heteroatoms. The van der Waals surface area contributed by atoms with Crippen LogP contribution in [0.5, 0.6) is 5.75 Å². The molecule has 2 aromatic rings. The molecule has 0 saturated heterocycles. The lowest BCUT2D eigenvalue weighted by molar-refractivity contribution is 0.249. The summed E-state index contributed by atoms with van der Waals surface area (Å²) >= 11 is 0. The highest BCUT2D eigenvalue weighted by Crippen LogP contribution is 2.11. The van der Waals surface area contributed by atoms with Crippen molar-refractivity contribution in [3.05, 3.63) is 36.4 Å². The summed E-state index contributed by atoms with van der Waals surface area (Å²) in [6.07, 6.45) is 3.30. The van der Waals surface area contributed by atoms with Gasteiger partial charge in [0.1, 0.15) is 12.4 Å². The lowest BCUT2D eigenvalue weighted by Gasteiger charge is -2.00. The van der Waals surface area contributed by atoms with Crippen LogP contribution >= 0.6 is 0 Å². The van der Waals surface area contributed by atoms with Crippen molar-refractivity contribution in [2.24, 2.45) is 0 Å². The van der Waals surface area contributed by atoms with Crippen molar-refractivity contribution in [2.75, 3.05) is 5.73 Å². The summed E-state index contributed by atoms with van der Waals surface area (Å²) < 4.78 is 10.2. The highest BCUT2D eigenvalue weighted by Gasteiger charge is 2.01. The Morgan fingerprint density at radius 3 is 3.07 bits per heavy atom. The maximum absolute atomic E-state index is 5.37. The molecule has 0 fully saturated rings. The molecule has 0 aliphatic heterocycles. The van der Waals surface area contributed by atoms with Crippen LogP contribution in [0.2, 0.25) is 0 Å². The number of hydrogen-bond acceptors (Lipinski definition) is 5. The Balaban J connectivity index is 1.95. The minimum atomic E-state index is 0.301. The quantitative estimate of drug-likeness (QED) is 0.789. The van der Waals surface area contributed by atoms with Crippen molar-refractivity contribution in [3.63, 3.8) is 0 Å². The van der Waals surface area contributed by atoms with E-state index in [-0.39, 0.29) is 0 Å². The van der Waals surface area contributed by atoms with Gasteiger partial charge in [0.15, 0.2) is 11.6 Å². The van der Waals surface area contributed by atoms with Gasteiger partial charge in [-0.1, -0.05) is 5.16 Å². The molecule has 2 N–H and O–H groups in total. The van der Waals surface area contributed by atoms with Crippen LogP contribution in [0, 0.1) is 0 Å². The molecular formula is C9H9N3O2. The van der Waals surface area contributed by atoms with E-state index in [4.69, 9.17) is 15.0 Å². The molecule has 0 aliphatic carbocycles. The molecule has 0 amide bonds. The third-order valence-corrected chi connectivity index (χ3v) is 1.59. The Labute approximate surface area is 80.5 Å². The van der Waals surface area contributed by atoms with Gasteiger partial charge in [0.25, 0.3) is 0 Å². The zero-order valence-electron chi connectivity index (χ0n) is 7.38. The fraction of sp³-hybridized carbons (Fsp3) is 0.111. The molecule has 0 aliphatic rings. The van der Waals surface area contributed by atoms with Crippen molar-refractivity contribution in [1.29, 1.82) is 0 Å². The fourth-order valence-electron chi connectivity index (χ4n) is 0.984. The van der Waals surface area contributed by atoms with Gasteiger partial charge in [0.05, 0.1) is 6.20 Å². The van der Waals surface area contributed by atoms with Gasteiger partial charge >= 0.3 is 0 Å². The van der Waals surface area contributed by atoms with Crippen LogP contribution in [-0.2, 0) is 6.61 Å². The molecule has 2 aromatic heterocycles. The molecule has 0 bridgehead atoms. The zero-order valence-corrected chi connectivity index (χ0v) is 7.38. The minimum absolute atomic E-state index is 0.301. The number of aromatic nitrogens is 2. The second-order valence-electron chi connectivity index (χ2n) is 2.70. The minimum Gasteiger partial charge on any atom is -0.484 e. The lowest BCUT2D eigenvalue weighted by Crippen LogP contribution is -1.93. The van der Waals surface area contributed by atoms with Crippen molar-refractivity contribution >= 4 is 5.82 Å². The van der Waals surface area contributed by atoms with Crippen LogP contribution in [0.4, 0.5) is 5.82 Å². The molecule has 0 spiro atoms. The number of hydrogen-bond donors (Lipinski definition) is 1. The molecular weight excluding hydrogens is 182 g/mol. The molecule has 5 nitrogen and oxygen atoms in total. The summed E-state index contributed by atoms with van der Waals surface area (Å²) in [5.74, 6) is 1.63. The summed E-state index contributed by atoms with van der Waals surface area (Å²) in [4.78, 5) is 3.91. The third kappa shape index (κ3) is 2.01. The van der Waals surface area contributed by atoms with Gasteiger partial charge in [-0.3, -0.25) is 4.98 Å². The molecule has 0 atom stereocenters. The molecule has 2 rings (SSSR count). The van der Waals surface area contributed by atoms with Crippen LogP contribution < -0.4 is 10.5 Å².